The number of H-pyrrole nitrogens is 1. The molecule has 0 spiro atoms. The minimum atomic E-state index is -0.360. The third-order valence-electron chi connectivity index (χ3n) is 6.10. The van der Waals surface area contributed by atoms with Crippen molar-refractivity contribution in [3.8, 4) is 11.1 Å². The molecule has 3 aromatic rings. The number of aromatic nitrogens is 3. The van der Waals surface area contributed by atoms with Gasteiger partial charge in [-0.05, 0) is 69.6 Å². The average molecular weight is 405 g/mol. The molecule has 30 heavy (non-hydrogen) atoms. The Morgan fingerprint density at radius 3 is 2.83 bits per heavy atom. The van der Waals surface area contributed by atoms with Crippen LogP contribution in [0.4, 0.5) is 10.1 Å². The number of benzene rings is 1. The maximum absolute atomic E-state index is 13.7. The summed E-state index contributed by atoms with van der Waals surface area (Å²) in [6.45, 7) is 6.09. The Bertz CT molecular complexity index is 1170. The summed E-state index contributed by atoms with van der Waals surface area (Å²) < 4.78 is 15.8. The van der Waals surface area contributed by atoms with E-state index < -0.39 is 0 Å². The molecule has 0 aliphatic carbocycles. The number of carbonyl (C=O) groups excluding carboxylic acids is 1. The molecule has 1 saturated heterocycles. The number of aromatic amines is 1. The van der Waals surface area contributed by atoms with Gasteiger partial charge in [-0.1, -0.05) is 0 Å². The lowest BCUT2D eigenvalue weighted by Crippen LogP contribution is -2.29. The maximum Gasteiger partial charge on any atom is 0.256 e. The normalized spacial score (nSPS) is 18.1. The fraction of sp³-hybridized carbons (Fsp3) is 0.304. The number of nitrogens with zero attached hydrogens (tertiary/aromatic N) is 2. The van der Waals surface area contributed by atoms with Gasteiger partial charge in [0.25, 0.3) is 5.91 Å². The highest BCUT2D eigenvalue weighted by Gasteiger charge is 2.26. The van der Waals surface area contributed by atoms with E-state index in [1.165, 1.54) is 12.1 Å². The van der Waals surface area contributed by atoms with Crippen molar-refractivity contribution in [2.75, 3.05) is 18.4 Å². The van der Waals surface area contributed by atoms with Gasteiger partial charge in [-0.2, -0.15) is 5.10 Å². The molecule has 2 aliphatic rings. The second-order valence-electron chi connectivity index (χ2n) is 8.06. The molecule has 4 heterocycles. The van der Waals surface area contributed by atoms with E-state index >= 15 is 0 Å². The standard InChI is InChI=1S/C23H24FN5O/c1-13-21(10-19-18-9-16(24)3-4-20(18)28-23(19)30)27-14(2)22(13)15-11-26-29(12-15)17-5-7-25-8-6-17/h3-4,9-12,17,25,27H,5-8H2,1-2H3,(H,28,30)/b19-10+. The number of aryl methyl sites for hydroxylation is 1. The second-order valence-corrected chi connectivity index (χ2v) is 8.06. The topological polar surface area (TPSA) is 74.7 Å². The number of halogens is 1. The van der Waals surface area contributed by atoms with Gasteiger partial charge in [0.1, 0.15) is 5.82 Å². The van der Waals surface area contributed by atoms with E-state index in [9.17, 15) is 9.18 Å². The van der Waals surface area contributed by atoms with Gasteiger partial charge in [-0.3, -0.25) is 9.48 Å². The predicted octanol–water partition coefficient (Wildman–Crippen LogP) is 4.05. The molecule has 0 bridgehead atoms. The van der Waals surface area contributed by atoms with Crippen LogP contribution in [-0.2, 0) is 4.79 Å². The van der Waals surface area contributed by atoms with Crippen LogP contribution in [0, 0.1) is 19.7 Å². The summed E-state index contributed by atoms with van der Waals surface area (Å²) in [6, 6.07) is 4.77. The van der Waals surface area contributed by atoms with Gasteiger partial charge in [-0.15, -0.1) is 0 Å². The van der Waals surface area contributed by atoms with Gasteiger partial charge < -0.3 is 15.6 Å². The zero-order valence-corrected chi connectivity index (χ0v) is 17.1. The highest BCUT2D eigenvalue weighted by molar-refractivity contribution is 6.34. The summed E-state index contributed by atoms with van der Waals surface area (Å²) in [5.74, 6) is -0.580. The molecule has 2 aromatic heterocycles. The minimum absolute atomic E-state index is 0.220. The molecule has 6 nitrogen and oxygen atoms in total. The van der Waals surface area contributed by atoms with Crippen molar-refractivity contribution in [2.24, 2.45) is 0 Å². The van der Waals surface area contributed by atoms with Gasteiger partial charge in [0.2, 0.25) is 0 Å². The monoisotopic (exact) mass is 405 g/mol. The smallest absolute Gasteiger partial charge is 0.256 e. The zero-order valence-electron chi connectivity index (χ0n) is 17.1. The number of fused-ring (bicyclic) bond motifs is 1. The van der Waals surface area contributed by atoms with Gasteiger partial charge in [0, 0.05) is 40.0 Å². The van der Waals surface area contributed by atoms with E-state index in [1.54, 1.807) is 6.07 Å². The number of hydrogen-bond donors (Lipinski definition) is 3. The molecular formula is C23H24FN5O. The van der Waals surface area contributed by atoms with E-state index in [0.717, 1.165) is 54.0 Å². The largest absolute Gasteiger partial charge is 0.358 e. The molecule has 1 fully saturated rings. The molecule has 0 radical (unpaired) electrons. The molecule has 3 N–H and O–H groups in total. The Labute approximate surface area is 174 Å². The van der Waals surface area contributed by atoms with Crippen molar-refractivity contribution in [1.82, 2.24) is 20.1 Å². The van der Waals surface area contributed by atoms with Crippen molar-refractivity contribution in [2.45, 2.75) is 32.7 Å². The van der Waals surface area contributed by atoms with E-state index in [2.05, 4.69) is 31.6 Å². The highest BCUT2D eigenvalue weighted by Crippen LogP contribution is 2.36. The van der Waals surface area contributed by atoms with Crippen molar-refractivity contribution >= 4 is 23.2 Å². The average Bonchev–Trinajstić information content (AvgIpc) is 3.40. The Kier molecular flexibility index (Phi) is 4.55. The van der Waals surface area contributed by atoms with Crippen LogP contribution in [0.3, 0.4) is 0 Å². The van der Waals surface area contributed by atoms with Gasteiger partial charge in [0.15, 0.2) is 0 Å². The molecule has 154 valence electrons. The number of nitrogens with one attached hydrogen (secondary N) is 3. The summed E-state index contributed by atoms with van der Waals surface area (Å²) in [7, 11) is 0. The van der Waals surface area contributed by atoms with Crippen LogP contribution >= 0.6 is 0 Å². The van der Waals surface area contributed by atoms with E-state index in [1.807, 2.05) is 26.1 Å². The summed E-state index contributed by atoms with van der Waals surface area (Å²) in [6.07, 6.45) is 7.99. The number of rotatable bonds is 3. The first-order valence-corrected chi connectivity index (χ1v) is 10.3. The molecule has 1 amide bonds. The molecule has 0 unspecified atom stereocenters. The fourth-order valence-corrected chi connectivity index (χ4v) is 4.54. The minimum Gasteiger partial charge on any atom is -0.358 e. The second kappa shape index (κ2) is 7.25. The number of piperidine rings is 1. The third-order valence-corrected chi connectivity index (χ3v) is 6.10. The van der Waals surface area contributed by atoms with E-state index in [0.29, 0.717) is 22.9 Å². The summed E-state index contributed by atoms with van der Waals surface area (Å²) >= 11 is 0. The first kappa shape index (κ1) is 18.8. The highest BCUT2D eigenvalue weighted by atomic mass is 19.1. The molecule has 1 aromatic carbocycles. The molecule has 0 atom stereocenters. The Morgan fingerprint density at radius 2 is 2.03 bits per heavy atom. The van der Waals surface area contributed by atoms with Crippen LogP contribution in [0.1, 0.15) is 41.4 Å². The number of carbonyl (C=O) groups is 1. The molecule has 2 aliphatic heterocycles. The van der Waals surface area contributed by atoms with Crippen molar-refractivity contribution in [3.05, 3.63) is 58.9 Å². The summed E-state index contributed by atoms with van der Waals surface area (Å²) in [4.78, 5) is 15.9. The summed E-state index contributed by atoms with van der Waals surface area (Å²) in [5, 5.41) is 10.8. The van der Waals surface area contributed by atoms with Crippen molar-refractivity contribution < 1.29 is 9.18 Å². The lowest BCUT2D eigenvalue weighted by atomic mass is 10.0. The fourth-order valence-electron chi connectivity index (χ4n) is 4.54. The Balaban J connectivity index is 1.51. The number of anilines is 1. The Morgan fingerprint density at radius 1 is 1.23 bits per heavy atom. The van der Waals surface area contributed by atoms with Gasteiger partial charge >= 0.3 is 0 Å². The first-order chi connectivity index (χ1) is 14.5. The Hall–Kier alpha value is -3.19. The molecule has 7 heteroatoms. The SMILES string of the molecule is Cc1[nH]c(/C=C2/C(=O)Nc3ccc(F)cc32)c(C)c1-c1cnn(C2CCNCC2)c1. The van der Waals surface area contributed by atoms with Crippen molar-refractivity contribution in [1.29, 1.82) is 0 Å². The zero-order chi connectivity index (χ0) is 20.8. The molecular weight excluding hydrogens is 381 g/mol. The van der Waals surface area contributed by atoms with Crippen LogP contribution in [0.15, 0.2) is 30.6 Å². The molecule has 5 rings (SSSR count). The van der Waals surface area contributed by atoms with Crippen LogP contribution in [-0.4, -0.2) is 33.8 Å². The number of hydrogen-bond acceptors (Lipinski definition) is 3. The quantitative estimate of drug-likeness (QED) is 0.576. The lowest BCUT2D eigenvalue weighted by molar-refractivity contribution is -0.110. The first-order valence-electron chi connectivity index (χ1n) is 10.3. The number of amides is 1. The van der Waals surface area contributed by atoms with Gasteiger partial charge in [-0.25, -0.2) is 4.39 Å². The van der Waals surface area contributed by atoms with E-state index in [4.69, 9.17) is 0 Å². The summed E-state index contributed by atoms with van der Waals surface area (Å²) in [5.41, 5.74) is 6.76. The molecule has 0 saturated carbocycles. The lowest BCUT2D eigenvalue weighted by Gasteiger charge is -2.22. The van der Waals surface area contributed by atoms with Crippen LogP contribution in [0.2, 0.25) is 0 Å². The van der Waals surface area contributed by atoms with Crippen LogP contribution in [0.5, 0.6) is 0 Å². The third kappa shape index (κ3) is 3.15. The van der Waals surface area contributed by atoms with Crippen molar-refractivity contribution in [3.63, 3.8) is 0 Å². The van der Waals surface area contributed by atoms with Gasteiger partial charge in [0.05, 0.1) is 17.8 Å². The van der Waals surface area contributed by atoms with Crippen LogP contribution in [0.25, 0.3) is 22.8 Å². The van der Waals surface area contributed by atoms with Crippen LogP contribution < -0.4 is 10.6 Å². The maximum atomic E-state index is 13.7. The van der Waals surface area contributed by atoms with E-state index in [-0.39, 0.29) is 11.7 Å². The predicted molar refractivity (Wildman–Crippen MR) is 116 cm³/mol.